The number of likely N-dealkylation sites (tertiary alicyclic amines) is 1. The van der Waals surface area contributed by atoms with Crippen molar-refractivity contribution in [2.45, 2.75) is 5.92 Å². The Kier molecular flexibility index (Phi) is 2.75. The average Bonchev–Trinajstić information content (AvgIpc) is 2.24. The second-order valence-corrected chi connectivity index (χ2v) is 4.18. The lowest BCUT2D eigenvalue weighted by Gasteiger charge is -2.36. The fourth-order valence-electron chi connectivity index (χ4n) is 1.97. The standard InChI is InChI=1S/C12H13NO3/c1-13-6-10(7-13)8-3-2-4-9(5-8)11(14)12(15)16/h2-5,10H,6-7H2,1H3,(H,15,16). The number of carboxylic acid groups (broad SMARTS) is 1. The molecule has 4 nitrogen and oxygen atoms in total. The second-order valence-electron chi connectivity index (χ2n) is 4.18. The van der Waals surface area contributed by atoms with Gasteiger partial charge < -0.3 is 10.0 Å². The largest absolute Gasteiger partial charge is 0.475 e. The van der Waals surface area contributed by atoms with Crippen molar-refractivity contribution in [1.29, 1.82) is 0 Å². The molecule has 1 N–H and O–H groups in total. The molecule has 0 atom stereocenters. The third-order valence-electron chi connectivity index (χ3n) is 2.88. The minimum atomic E-state index is -1.40. The van der Waals surface area contributed by atoms with E-state index >= 15 is 0 Å². The van der Waals surface area contributed by atoms with Gasteiger partial charge in [0, 0.05) is 24.6 Å². The Morgan fingerprint density at radius 1 is 1.38 bits per heavy atom. The summed E-state index contributed by atoms with van der Waals surface area (Å²) in [5.41, 5.74) is 1.31. The molecule has 0 saturated carbocycles. The number of ketones is 1. The molecule has 0 amide bonds. The zero-order chi connectivity index (χ0) is 11.7. The van der Waals surface area contributed by atoms with Gasteiger partial charge in [0.15, 0.2) is 0 Å². The highest BCUT2D eigenvalue weighted by molar-refractivity contribution is 6.39. The maximum Gasteiger partial charge on any atom is 0.377 e. The Morgan fingerprint density at radius 2 is 2.06 bits per heavy atom. The van der Waals surface area contributed by atoms with E-state index in [0.29, 0.717) is 5.92 Å². The number of Topliss-reactive ketones (excluding diaryl/α,β-unsaturated/α-hetero) is 1. The Morgan fingerprint density at radius 3 is 2.62 bits per heavy atom. The third-order valence-corrected chi connectivity index (χ3v) is 2.88. The fourth-order valence-corrected chi connectivity index (χ4v) is 1.97. The summed E-state index contributed by atoms with van der Waals surface area (Å²) in [5, 5.41) is 8.62. The number of hydrogen-bond donors (Lipinski definition) is 1. The first-order chi connectivity index (χ1) is 7.58. The Balaban J connectivity index is 2.20. The molecular formula is C12H13NO3. The van der Waals surface area contributed by atoms with E-state index in [1.54, 1.807) is 18.2 Å². The molecule has 1 saturated heterocycles. The predicted octanol–water partition coefficient (Wildman–Crippen LogP) is 0.983. The van der Waals surface area contributed by atoms with Gasteiger partial charge in [-0.25, -0.2) is 4.79 Å². The van der Waals surface area contributed by atoms with Crippen LogP contribution in [-0.2, 0) is 4.79 Å². The van der Waals surface area contributed by atoms with Crippen LogP contribution in [0.15, 0.2) is 24.3 Å². The van der Waals surface area contributed by atoms with E-state index in [0.717, 1.165) is 18.7 Å². The van der Waals surface area contributed by atoms with Crippen LogP contribution in [0.4, 0.5) is 0 Å². The van der Waals surface area contributed by atoms with E-state index in [-0.39, 0.29) is 5.56 Å². The summed E-state index contributed by atoms with van der Waals surface area (Å²) in [6, 6.07) is 6.91. The number of carboxylic acids is 1. The van der Waals surface area contributed by atoms with E-state index in [1.807, 2.05) is 13.1 Å². The Labute approximate surface area is 93.5 Å². The Hall–Kier alpha value is -1.68. The van der Waals surface area contributed by atoms with Gasteiger partial charge in [0.1, 0.15) is 0 Å². The van der Waals surface area contributed by atoms with Crippen molar-refractivity contribution in [2.24, 2.45) is 0 Å². The maximum atomic E-state index is 11.3. The lowest BCUT2D eigenvalue weighted by Crippen LogP contribution is -2.41. The minimum absolute atomic E-state index is 0.263. The number of carbonyl (C=O) groups is 2. The van der Waals surface area contributed by atoms with Crippen molar-refractivity contribution < 1.29 is 14.7 Å². The lowest BCUT2D eigenvalue weighted by molar-refractivity contribution is -0.131. The summed E-state index contributed by atoms with van der Waals surface area (Å²) < 4.78 is 0. The van der Waals surface area contributed by atoms with Crippen molar-refractivity contribution in [2.75, 3.05) is 20.1 Å². The number of hydrogen-bond acceptors (Lipinski definition) is 3. The van der Waals surface area contributed by atoms with Crippen LogP contribution in [0.2, 0.25) is 0 Å². The predicted molar refractivity (Wildman–Crippen MR) is 58.6 cm³/mol. The van der Waals surface area contributed by atoms with E-state index in [2.05, 4.69) is 4.90 Å². The molecule has 1 aliphatic rings. The van der Waals surface area contributed by atoms with Gasteiger partial charge in [-0.05, 0) is 18.7 Å². The topological polar surface area (TPSA) is 57.6 Å². The van der Waals surface area contributed by atoms with Crippen LogP contribution >= 0.6 is 0 Å². The summed E-state index contributed by atoms with van der Waals surface area (Å²) in [7, 11) is 2.03. The molecule has 0 unspecified atom stereocenters. The van der Waals surface area contributed by atoms with Gasteiger partial charge in [-0.3, -0.25) is 4.79 Å². The highest BCUT2D eigenvalue weighted by Gasteiger charge is 2.25. The molecule has 0 aliphatic carbocycles. The number of benzene rings is 1. The average molecular weight is 219 g/mol. The minimum Gasteiger partial charge on any atom is -0.475 e. The zero-order valence-corrected chi connectivity index (χ0v) is 9.01. The van der Waals surface area contributed by atoms with E-state index in [9.17, 15) is 9.59 Å². The van der Waals surface area contributed by atoms with Crippen LogP contribution in [-0.4, -0.2) is 41.9 Å². The molecule has 0 bridgehead atoms. The molecular weight excluding hydrogens is 206 g/mol. The number of carbonyl (C=O) groups excluding carboxylic acids is 1. The molecule has 0 radical (unpaired) electrons. The normalized spacial score (nSPS) is 16.8. The van der Waals surface area contributed by atoms with Crippen LogP contribution in [0.25, 0.3) is 0 Å². The first-order valence-corrected chi connectivity index (χ1v) is 5.14. The molecule has 84 valence electrons. The van der Waals surface area contributed by atoms with Crippen LogP contribution in [0.5, 0.6) is 0 Å². The zero-order valence-electron chi connectivity index (χ0n) is 9.01. The molecule has 2 rings (SSSR count). The quantitative estimate of drug-likeness (QED) is 0.608. The Bertz CT molecular complexity index is 436. The van der Waals surface area contributed by atoms with Gasteiger partial charge in [0.25, 0.3) is 5.78 Å². The number of aliphatic carboxylic acids is 1. The van der Waals surface area contributed by atoms with Gasteiger partial charge in [0.2, 0.25) is 0 Å². The van der Waals surface area contributed by atoms with E-state index in [1.165, 1.54) is 0 Å². The van der Waals surface area contributed by atoms with Crippen molar-refractivity contribution in [3.8, 4) is 0 Å². The molecule has 4 heteroatoms. The van der Waals surface area contributed by atoms with Crippen LogP contribution in [0.1, 0.15) is 21.8 Å². The smallest absolute Gasteiger partial charge is 0.377 e. The van der Waals surface area contributed by atoms with Gasteiger partial charge in [-0.2, -0.15) is 0 Å². The molecule has 1 fully saturated rings. The molecule has 1 aromatic rings. The molecule has 0 spiro atoms. The molecule has 16 heavy (non-hydrogen) atoms. The number of likely N-dealkylation sites (N-methyl/N-ethyl adjacent to an activating group) is 1. The van der Waals surface area contributed by atoms with E-state index in [4.69, 9.17) is 5.11 Å². The van der Waals surface area contributed by atoms with Gasteiger partial charge in [-0.1, -0.05) is 18.2 Å². The summed E-state index contributed by atoms with van der Waals surface area (Å²) in [5.74, 6) is -1.82. The van der Waals surface area contributed by atoms with Crippen molar-refractivity contribution in [3.63, 3.8) is 0 Å². The fraction of sp³-hybridized carbons (Fsp3) is 0.333. The number of nitrogens with zero attached hydrogens (tertiary/aromatic N) is 1. The molecule has 0 aromatic heterocycles. The summed E-state index contributed by atoms with van der Waals surface area (Å²) in [6.07, 6.45) is 0. The highest BCUT2D eigenvalue weighted by atomic mass is 16.4. The van der Waals surface area contributed by atoms with Crippen molar-refractivity contribution in [3.05, 3.63) is 35.4 Å². The van der Waals surface area contributed by atoms with Crippen LogP contribution in [0.3, 0.4) is 0 Å². The first-order valence-electron chi connectivity index (χ1n) is 5.14. The summed E-state index contributed by atoms with van der Waals surface area (Å²) in [6.45, 7) is 1.93. The van der Waals surface area contributed by atoms with Crippen LogP contribution < -0.4 is 0 Å². The molecule has 1 aliphatic heterocycles. The van der Waals surface area contributed by atoms with Crippen molar-refractivity contribution in [1.82, 2.24) is 4.90 Å². The maximum absolute atomic E-state index is 11.3. The highest BCUT2D eigenvalue weighted by Crippen LogP contribution is 2.26. The monoisotopic (exact) mass is 219 g/mol. The third kappa shape index (κ3) is 1.97. The van der Waals surface area contributed by atoms with Gasteiger partial charge >= 0.3 is 5.97 Å². The van der Waals surface area contributed by atoms with E-state index < -0.39 is 11.8 Å². The lowest BCUT2D eigenvalue weighted by atomic mass is 9.90. The summed E-state index contributed by atoms with van der Waals surface area (Å²) in [4.78, 5) is 24.0. The summed E-state index contributed by atoms with van der Waals surface area (Å²) >= 11 is 0. The number of rotatable bonds is 3. The molecule has 1 heterocycles. The van der Waals surface area contributed by atoms with Gasteiger partial charge in [-0.15, -0.1) is 0 Å². The molecule has 1 aromatic carbocycles. The van der Waals surface area contributed by atoms with Gasteiger partial charge in [0.05, 0.1) is 0 Å². The second kappa shape index (κ2) is 4.06. The van der Waals surface area contributed by atoms with Crippen LogP contribution in [0, 0.1) is 0 Å². The SMILES string of the molecule is CN1CC(c2cccc(C(=O)C(=O)O)c2)C1. The first kappa shape index (κ1) is 10.8. The van der Waals surface area contributed by atoms with Crippen molar-refractivity contribution >= 4 is 11.8 Å².